The number of amides is 1. The number of carbonyl (C=O) groups excluding carboxylic acids is 1. The third kappa shape index (κ3) is 3.84. The van der Waals surface area contributed by atoms with E-state index < -0.39 is 6.04 Å². The van der Waals surface area contributed by atoms with Gasteiger partial charge in [-0.1, -0.05) is 26.0 Å². The lowest BCUT2D eigenvalue weighted by molar-refractivity contribution is 0.0720. The van der Waals surface area contributed by atoms with Crippen LogP contribution in [0.25, 0.3) is 11.0 Å². The first-order chi connectivity index (χ1) is 15.3. The fourth-order valence-electron chi connectivity index (χ4n) is 4.50. The Kier molecular flexibility index (Phi) is 6.15. The summed E-state index contributed by atoms with van der Waals surface area (Å²) in [5.41, 5.74) is 3.27. The molecule has 168 valence electrons. The number of benzene rings is 2. The molecule has 0 radical (unpaired) electrons. The number of fused-ring (bicyclic) bond motifs is 2. The zero-order valence-corrected chi connectivity index (χ0v) is 19.1. The van der Waals surface area contributed by atoms with Crippen molar-refractivity contribution in [3.63, 3.8) is 0 Å². The number of hydrogen-bond donors (Lipinski definition) is 0. The molecule has 5 nitrogen and oxygen atoms in total. The van der Waals surface area contributed by atoms with Crippen molar-refractivity contribution in [2.45, 2.75) is 40.2 Å². The molecule has 0 fully saturated rings. The van der Waals surface area contributed by atoms with Crippen LogP contribution in [0.5, 0.6) is 0 Å². The SMILES string of the molecule is CCN(CC)CCCN1C(=O)c2oc3cc(C)c(C)cc3c(=O)c2[C@@H]1c1ccc(F)cc1. The monoisotopic (exact) mass is 436 g/mol. The van der Waals surface area contributed by atoms with E-state index in [0.717, 1.165) is 37.2 Å². The maximum absolute atomic E-state index is 13.6. The highest BCUT2D eigenvalue weighted by atomic mass is 19.1. The highest BCUT2D eigenvalue weighted by molar-refractivity contribution is 5.99. The Morgan fingerprint density at radius 2 is 1.69 bits per heavy atom. The van der Waals surface area contributed by atoms with Crippen molar-refractivity contribution in [2.24, 2.45) is 0 Å². The molecule has 1 atom stereocenters. The summed E-state index contributed by atoms with van der Waals surface area (Å²) in [5, 5.41) is 0.469. The average Bonchev–Trinajstić information content (AvgIpc) is 3.05. The van der Waals surface area contributed by atoms with Crippen molar-refractivity contribution < 1.29 is 13.6 Å². The van der Waals surface area contributed by atoms with Gasteiger partial charge in [0.2, 0.25) is 5.76 Å². The van der Waals surface area contributed by atoms with E-state index in [0.29, 0.717) is 28.6 Å². The summed E-state index contributed by atoms with van der Waals surface area (Å²) in [6.07, 6.45) is 0.769. The number of nitrogens with zero attached hydrogens (tertiary/aromatic N) is 2. The van der Waals surface area contributed by atoms with Crippen LogP contribution >= 0.6 is 0 Å². The molecule has 2 aromatic carbocycles. The summed E-state index contributed by atoms with van der Waals surface area (Å²) in [6, 6.07) is 9.07. The number of carbonyl (C=O) groups is 1. The maximum Gasteiger partial charge on any atom is 0.290 e. The number of aryl methyl sites for hydroxylation is 2. The standard InChI is InChI=1S/C26H29FN2O3/c1-5-28(6-2)12-7-13-29-23(18-8-10-19(27)11-9-18)22-24(30)20-14-16(3)17(4)15-21(20)32-25(22)26(29)31/h8-11,14-15,23H,5-7,12-13H2,1-4H3/t23-/m0/s1. The van der Waals surface area contributed by atoms with Crippen molar-refractivity contribution in [1.29, 1.82) is 0 Å². The third-order valence-electron chi connectivity index (χ3n) is 6.54. The second kappa shape index (κ2) is 8.87. The van der Waals surface area contributed by atoms with E-state index in [9.17, 15) is 14.0 Å². The van der Waals surface area contributed by atoms with Crippen molar-refractivity contribution in [1.82, 2.24) is 9.80 Å². The summed E-state index contributed by atoms with van der Waals surface area (Å²) in [7, 11) is 0. The Morgan fingerprint density at radius 1 is 1.03 bits per heavy atom. The van der Waals surface area contributed by atoms with Gasteiger partial charge in [-0.15, -0.1) is 0 Å². The normalized spacial score (nSPS) is 15.8. The lowest BCUT2D eigenvalue weighted by atomic mass is 9.97. The van der Waals surface area contributed by atoms with E-state index >= 15 is 0 Å². The molecular formula is C26H29FN2O3. The van der Waals surface area contributed by atoms with Gasteiger partial charge in [0, 0.05) is 6.54 Å². The topological polar surface area (TPSA) is 53.8 Å². The van der Waals surface area contributed by atoms with E-state index in [1.807, 2.05) is 26.0 Å². The zero-order chi connectivity index (χ0) is 23.0. The first kappa shape index (κ1) is 22.2. The highest BCUT2D eigenvalue weighted by Crippen LogP contribution is 2.38. The molecule has 1 aliphatic rings. The van der Waals surface area contributed by atoms with Gasteiger partial charge in [0.1, 0.15) is 11.4 Å². The van der Waals surface area contributed by atoms with Gasteiger partial charge in [-0.3, -0.25) is 9.59 Å². The van der Waals surface area contributed by atoms with Crippen LogP contribution in [0.4, 0.5) is 4.39 Å². The minimum Gasteiger partial charge on any atom is -0.450 e. The van der Waals surface area contributed by atoms with Crippen LogP contribution in [0.1, 0.15) is 59.1 Å². The number of rotatable bonds is 7. The van der Waals surface area contributed by atoms with Gasteiger partial charge in [-0.05, 0) is 80.9 Å². The molecule has 4 rings (SSSR count). The molecule has 0 saturated carbocycles. The Hall–Kier alpha value is -2.99. The van der Waals surface area contributed by atoms with Crippen LogP contribution < -0.4 is 5.43 Å². The molecule has 0 aliphatic carbocycles. The fourth-order valence-corrected chi connectivity index (χ4v) is 4.50. The van der Waals surface area contributed by atoms with Gasteiger partial charge < -0.3 is 14.2 Å². The quantitative estimate of drug-likeness (QED) is 0.533. The van der Waals surface area contributed by atoms with Crippen molar-refractivity contribution >= 4 is 16.9 Å². The summed E-state index contributed by atoms with van der Waals surface area (Å²) in [5.74, 6) is -0.544. The molecule has 3 aromatic rings. The second-order valence-electron chi connectivity index (χ2n) is 8.44. The Labute approximate surface area is 187 Å². The molecule has 1 amide bonds. The largest absolute Gasteiger partial charge is 0.450 e. The fraction of sp³-hybridized carbons (Fsp3) is 0.385. The molecule has 0 spiro atoms. The Morgan fingerprint density at radius 3 is 2.34 bits per heavy atom. The summed E-state index contributed by atoms with van der Waals surface area (Å²) >= 11 is 0. The molecule has 2 heterocycles. The van der Waals surface area contributed by atoms with Crippen molar-refractivity contribution in [3.05, 3.63) is 80.5 Å². The average molecular weight is 437 g/mol. The van der Waals surface area contributed by atoms with E-state index in [1.165, 1.54) is 12.1 Å². The lowest BCUT2D eigenvalue weighted by Gasteiger charge is -2.26. The van der Waals surface area contributed by atoms with Crippen molar-refractivity contribution in [3.8, 4) is 0 Å². The highest BCUT2D eigenvalue weighted by Gasteiger charge is 2.42. The molecule has 32 heavy (non-hydrogen) atoms. The summed E-state index contributed by atoms with van der Waals surface area (Å²) < 4.78 is 19.6. The molecule has 0 saturated heterocycles. The predicted molar refractivity (Wildman–Crippen MR) is 124 cm³/mol. The second-order valence-corrected chi connectivity index (χ2v) is 8.44. The number of hydrogen-bond acceptors (Lipinski definition) is 4. The van der Waals surface area contributed by atoms with Crippen LogP contribution in [0.3, 0.4) is 0 Å². The van der Waals surface area contributed by atoms with Crippen LogP contribution in [0.15, 0.2) is 45.6 Å². The smallest absolute Gasteiger partial charge is 0.290 e. The van der Waals surface area contributed by atoms with Gasteiger partial charge in [0.15, 0.2) is 5.43 Å². The van der Waals surface area contributed by atoms with Crippen LogP contribution in [-0.4, -0.2) is 41.9 Å². The van der Waals surface area contributed by atoms with Crippen LogP contribution in [0, 0.1) is 19.7 Å². The molecule has 1 aromatic heterocycles. The first-order valence-corrected chi connectivity index (χ1v) is 11.2. The molecule has 6 heteroatoms. The van der Waals surface area contributed by atoms with Crippen LogP contribution in [0.2, 0.25) is 0 Å². The van der Waals surface area contributed by atoms with E-state index in [-0.39, 0.29) is 22.9 Å². The van der Waals surface area contributed by atoms with E-state index in [2.05, 4.69) is 18.7 Å². The number of halogens is 1. The van der Waals surface area contributed by atoms with Gasteiger partial charge in [-0.25, -0.2) is 4.39 Å². The molecular weight excluding hydrogens is 407 g/mol. The van der Waals surface area contributed by atoms with Crippen molar-refractivity contribution in [2.75, 3.05) is 26.2 Å². The molecule has 0 N–H and O–H groups in total. The maximum atomic E-state index is 13.6. The van der Waals surface area contributed by atoms with E-state index in [1.54, 1.807) is 17.0 Å². The van der Waals surface area contributed by atoms with E-state index in [4.69, 9.17) is 4.42 Å². The van der Waals surface area contributed by atoms with Gasteiger partial charge in [-0.2, -0.15) is 0 Å². The lowest BCUT2D eigenvalue weighted by Crippen LogP contribution is -2.33. The minimum absolute atomic E-state index is 0.0999. The van der Waals surface area contributed by atoms with Gasteiger partial charge in [0.05, 0.1) is 17.0 Å². The minimum atomic E-state index is -0.586. The zero-order valence-electron chi connectivity index (χ0n) is 19.1. The van der Waals surface area contributed by atoms with Gasteiger partial charge in [0.25, 0.3) is 5.91 Å². The molecule has 0 unspecified atom stereocenters. The molecule has 1 aliphatic heterocycles. The predicted octanol–water partition coefficient (Wildman–Crippen LogP) is 4.83. The van der Waals surface area contributed by atoms with Crippen LogP contribution in [-0.2, 0) is 0 Å². The summed E-state index contributed by atoms with van der Waals surface area (Å²) in [6.45, 7) is 11.3. The Balaban J connectivity index is 1.82. The molecule has 0 bridgehead atoms. The first-order valence-electron chi connectivity index (χ1n) is 11.2. The summed E-state index contributed by atoms with van der Waals surface area (Å²) in [4.78, 5) is 31.0. The third-order valence-corrected chi connectivity index (χ3v) is 6.54. The van der Waals surface area contributed by atoms with Gasteiger partial charge >= 0.3 is 0 Å². The Bertz CT molecular complexity index is 1210.